The number of aliphatic carboxylic acids is 1. The van der Waals surface area contributed by atoms with Crippen molar-refractivity contribution >= 4 is 28.1 Å². The summed E-state index contributed by atoms with van der Waals surface area (Å²) in [5.41, 5.74) is 2.08. The minimum absolute atomic E-state index is 0.0404. The van der Waals surface area contributed by atoms with Crippen molar-refractivity contribution < 1.29 is 18.7 Å². The van der Waals surface area contributed by atoms with Gasteiger partial charge in [-0.15, -0.1) is 0 Å². The van der Waals surface area contributed by atoms with Crippen LogP contribution >= 0.6 is 0 Å². The molecule has 7 heteroatoms. The van der Waals surface area contributed by atoms with Gasteiger partial charge in [0, 0.05) is 6.42 Å². The van der Waals surface area contributed by atoms with Crippen LogP contribution in [0, 0.1) is 0 Å². The van der Waals surface area contributed by atoms with Crippen LogP contribution in [0.3, 0.4) is 0 Å². The van der Waals surface area contributed by atoms with Gasteiger partial charge in [-0.2, -0.15) is 0 Å². The van der Waals surface area contributed by atoms with Crippen LogP contribution in [0.2, 0.25) is 0 Å². The minimum atomic E-state index is -1.90. The third kappa shape index (κ3) is 2.73. The number of imidazole rings is 1. The van der Waals surface area contributed by atoms with Crippen molar-refractivity contribution in [3.8, 4) is 0 Å². The Kier molecular flexibility index (Phi) is 4.20. The molecule has 2 atom stereocenters. The summed E-state index contributed by atoms with van der Waals surface area (Å²) in [6.07, 6.45) is 0.619. The van der Waals surface area contributed by atoms with E-state index in [4.69, 9.17) is 4.55 Å². The van der Waals surface area contributed by atoms with Crippen LogP contribution in [0.1, 0.15) is 31.3 Å². The molecule has 2 aromatic rings. The topological polar surface area (TPSA) is 92.4 Å². The normalized spacial score (nSPS) is 14.3. The molecule has 0 saturated carbocycles. The van der Waals surface area contributed by atoms with E-state index in [9.17, 15) is 14.1 Å². The highest BCUT2D eigenvalue weighted by Crippen LogP contribution is 2.23. The van der Waals surface area contributed by atoms with Crippen molar-refractivity contribution in [1.29, 1.82) is 0 Å². The summed E-state index contributed by atoms with van der Waals surface area (Å²) in [5, 5.41) is 9.18. The van der Waals surface area contributed by atoms with E-state index in [0.717, 1.165) is 5.52 Å². The van der Waals surface area contributed by atoms with E-state index in [1.54, 1.807) is 29.7 Å². The SMILES string of the molecule is CCc1nc2cc(CS(=O)O)ccc2n1C(C)C(=O)O. The Morgan fingerprint density at radius 3 is 2.75 bits per heavy atom. The van der Waals surface area contributed by atoms with E-state index in [2.05, 4.69) is 4.98 Å². The summed E-state index contributed by atoms with van der Waals surface area (Å²) in [6, 6.07) is 4.51. The third-order valence-electron chi connectivity index (χ3n) is 3.18. The van der Waals surface area contributed by atoms with Gasteiger partial charge in [-0.1, -0.05) is 13.0 Å². The van der Waals surface area contributed by atoms with Crippen LogP contribution in [-0.2, 0) is 28.0 Å². The van der Waals surface area contributed by atoms with Crippen molar-refractivity contribution in [2.24, 2.45) is 0 Å². The van der Waals surface area contributed by atoms with Crippen LogP contribution in [0.5, 0.6) is 0 Å². The Morgan fingerprint density at radius 1 is 1.50 bits per heavy atom. The molecule has 6 nitrogen and oxygen atoms in total. The molecule has 0 fully saturated rings. The molecule has 2 N–H and O–H groups in total. The summed E-state index contributed by atoms with van der Waals surface area (Å²) in [5.74, 6) is -0.185. The van der Waals surface area contributed by atoms with Gasteiger partial charge in [-0.25, -0.2) is 14.0 Å². The number of carboxylic acids is 1. The van der Waals surface area contributed by atoms with Crippen molar-refractivity contribution in [2.75, 3.05) is 0 Å². The summed E-state index contributed by atoms with van der Waals surface area (Å²) >= 11 is -1.90. The maximum absolute atomic E-state index is 11.2. The lowest BCUT2D eigenvalue weighted by atomic mass is 10.2. The molecule has 0 aliphatic rings. The van der Waals surface area contributed by atoms with Gasteiger partial charge in [0.1, 0.15) is 11.9 Å². The fourth-order valence-electron chi connectivity index (χ4n) is 2.22. The van der Waals surface area contributed by atoms with Crippen LogP contribution in [-0.4, -0.2) is 29.4 Å². The maximum atomic E-state index is 11.2. The summed E-state index contributed by atoms with van der Waals surface area (Å²) in [6.45, 7) is 3.52. The Hall–Kier alpha value is -1.73. The van der Waals surface area contributed by atoms with Gasteiger partial charge in [0.25, 0.3) is 0 Å². The summed E-state index contributed by atoms with van der Waals surface area (Å²) in [4.78, 5) is 15.6. The molecular weight excluding hydrogens is 280 g/mol. The second-order valence-electron chi connectivity index (χ2n) is 4.55. The molecule has 0 aliphatic carbocycles. The van der Waals surface area contributed by atoms with Crippen molar-refractivity contribution in [3.63, 3.8) is 0 Å². The molecule has 0 amide bonds. The monoisotopic (exact) mass is 296 g/mol. The third-order valence-corrected chi connectivity index (χ3v) is 3.76. The van der Waals surface area contributed by atoms with E-state index in [0.29, 0.717) is 23.3 Å². The molecule has 0 bridgehead atoms. The predicted molar refractivity (Wildman–Crippen MR) is 75.9 cm³/mol. The zero-order chi connectivity index (χ0) is 14.9. The van der Waals surface area contributed by atoms with Gasteiger partial charge in [-0.3, -0.25) is 0 Å². The van der Waals surface area contributed by atoms with E-state index in [1.807, 2.05) is 6.92 Å². The standard InChI is InChI=1S/C13H16N2O4S/c1-3-12-14-10-6-9(7-20(18)19)4-5-11(10)15(12)8(2)13(16)17/h4-6,8H,3,7H2,1-2H3,(H,16,17)(H,18,19). The number of nitrogens with zero attached hydrogens (tertiary/aromatic N) is 2. The Labute approximate surface area is 118 Å². The first-order valence-electron chi connectivity index (χ1n) is 6.24. The van der Waals surface area contributed by atoms with Gasteiger partial charge in [0.15, 0.2) is 11.1 Å². The molecule has 0 spiro atoms. The Bertz CT molecular complexity index is 680. The predicted octanol–water partition coefficient (Wildman–Crippen LogP) is 1.97. The average Bonchev–Trinajstić information content (AvgIpc) is 2.74. The zero-order valence-corrected chi connectivity index (χ0v) is 12.1. The lowest BCUT2D eigenvalue weighted by Crippen LogP contribution is -2.17. The van der Waals surface area contributed by atoms with E-state index < -0.39 is 23.1 Å². The quantitative estimate of drug-likeness (QED) is 0.823. The average molecular weight is 296 g/mol. The Morgan fingerprint density at radius 2 is 2.20 bits per heavy atom. The highest BCUT2D eigenvalue weighted by atomic mass is 32.2. The first-order chi connectivity index (χ1) is 9.43. The van der Waals surface area contributed by atoms with Crippen LogP contribution in [0.15, 0.2) is 18.2 Å². The summed E-state index contributed by atoms with van der Waals surface area (Å²) < 4.78 is 21.4. The Balaban J connectivity index is 2.57. The van der Waals surface area contributed by atoms with E-state index in [-0.39, 0.29) is 5.75 Å². The lowest BCUT2D eigenvalue weighted by Gasteiger charge is -2.12. The molecule has 1 aromatic heterocycles. The van der Waals surface area contributed by atoms with E-state index in [1.165, 1.54) is 0 Å². The molecule has 2 unspecified atom stereocenters. The fraction of sp³-hybridized carbons (Fsp3) is 0.385. The smallest absolute Gasteiger partial charge is 0.326 e. The van der Waals surface area contributed by atoms with Crippen molar-refractivity contribution in [2.45, 2.75) is 32.1 Å². The first kappa shape index (κ1) is 14.7. The number of rotatable bonds is 5. The molecule has 0 radical (unpaired) electrons. The molecule has 1 heterocycles. The number of hydrogen-bond donors (Lipinski definition) is 2. The number of aryl methyl sites for hydroxylation is 1. The number of aromatic nitrogens is 2. The van der Waals surface area contributed by atoms with Gasteiger partial charge in [0.2, 0.25) is 0 Å². The number of benzene rings is 1. The number of carbonyl (C=O) groups is 1. The second-order valence-corrected chi connectivity index (χ2v) is 5.49. The minimum Gasteiger partial charge on any atom is -0.480 e. The van der Waals surface area contributed by atoms with Crippen molar-refractivity contribution in [1.82, 2.24) is 9.55 Å². The molecule has 108 valence electrons. The fourth-order valence-corrected chi connectivity index (χ4v) is 2.68. The second kappa shape index (κ2) is 5.72. The highest BCUT2D eigenvalue weighted by Gasteiger charge is 2.20. The number of fused-ring (bicyclic) bond motifs is 1. The maximum Gasteiger partial charge on any atom is 0.326 e. The molecule has 2 rings (SSSR count). The number of carboxylic acid groups (broad SMARTS) is 1. The van der Waals surface area contributed by atoms with Gasteiger partial charge in [0.05, 0.1) is 16.8 Å². The first-order valence-corrected chi connectivity index (χ1v) is 7.51. The van der Waals surface area contributed by atoms with Crippen molar-refractivity contribution in [3.05, 3.63) is 29.6 Å². The molecule has 0 aliphatic heterocycles. The summed E-state index contributed by atoms with van der Waals surface area (Å²) in [7, 11) is 0. The highest BCUT2D eigenvalue weighted by molar-refractivity contribution is 7.78. The molecule has 0 saturated heterocycles. The van der Waals surface area contributed by atoms with Crippen LogP contribution in [0.4, 0.5) is 0 Å². The molecule has 20 heavy (non-hydrogen) atoms. The van der Waals surface area contributed by atoms with Gasteiger partial charge >= 0.3 is 5.97 Å². The zero-order valence-electron chi connectivity index (χ0n) is 11.2. The van der Waals surface area contributed by atoms with Crippen LogP contribution in [0.25, 0.3) is 11.0 Å². The van der Waals surface area contributed by atoms with Crippen LogP contribution < -0.4 is 0 Å². The van der Waals surface area contributed by atoms with Gasteiger partial charge < -0.3 is 14.2 Å². The molecule has 1 aromatic carbocycles. The lowest BCUT2D eigenvalue weighted by molar-refractivity contribution is -0.140. The largest absolute Gasteiger partial charge is 0.480 e. The van der Waals surface area contributed by atoms with E-state index >= 15 is 0 Å². The van der Waals surface area contributed by atoms with Gasteiger partial charge in [-0.05, 0) is 24.6 Å². The number of hydrogen-bond acceptors (Lipinski definition) is 3. The molecular formula is C13H16N2O4S.